The van der Waals surface area contributed by atoms with Gasteiger partial charge in [-0.1, -0.05) is 23.7 Å². The Kier molecular flexibility index (Phi) is 3.79. The molecule has 0 aliphatic rings. The molecule has 0 bridgehead atoms. The van der Waals surface area contributed by atoms with Gasteiger partial charge in [-0.2, -0.15) is 0 Å². The normalized spacial score (nSPS) is 10.4. The Balaban J connectivity index is 2.39. The van der Waals surface area contributed by atoms with E-state index >= 15 is 0 Å². The summed E-state index contributed by atoms with van der Waals surface area (Å²) >= 11 is 5.97. The van der Waals surface area contributed by atoms with Crippen molar-refractivity contribution in [3.63, 3.8) is 0 Å². The molecule has 0 heterocycles. The highest BCUT2D eigenvalue weighted by Crippen LogP contribution is 2.33. The van der Waals surface area contributed by atoms with Crippen molar-refractivity contribution in [2.75, 3.05) is 0 Å². The van der Waals surface area contributed by atoms with Crippen molar-refractivity contribution >= 4 is 11.6 Å². The molecule has 0 aliphatic carbocycles. The zero-order chi connectivity index (χ0) is 13.1. The molecule has 0 aliphatic heterocycles. The molecule has 0 spiro atoms. The van der Waals surface area contributed by atoms with E-state index in [1.807, 2.05) is 0 Å². The van der Waals surface area contributed by atoms with Gasteiger partial charge in [0, 0.05) is 30.3 Å². The van der Waals surface area contributed by atoms with E-state index in [1.54, 1.807) is 18.2 Å². The molecule has 0 fully saturated rings. The van der Waals surface area contributed by atoms with Crippen molar-refractivity contribution in [2.24, 2.45) is 5.73 Å². The molecule has 0 amide bonds. The van der Waals surface area contributed by atoms with Gasteiger partial charge >= 0.3 is 0 Å². The maximum atomic E-state index is 13.0. The fraction of sp³-hybridized carbons (Fsp3) is 0.0769. The number of nitrogens with two attached hydrogens (primary N) is 1. The Morgan fingerprint density at radius 2 is 1.78 bits per heavy atom. The maximum absolute atomic E-state index is 13.0. The van der Waals surface area contributed by atoms with E-state index in [2.05, 4.69) is 0 Å². The highest BCUT2D eigenvalue weighted by molar-refractivity contribution is 6.32. The Bertz CT molecular complexity index is 555. The third kappa shape index (κ3) is 2.78. The van der Waals surface area contributed by atoms with Crippen LogP contribution in [0.5, 0.6) is 11.5 Å². The summed E-state index contributed by atoms with van der Waals surface area (Å²) in [6, 6.07) is 7.99. The average Bonchev–Trinajstić information content (AvgIpc) is 2.30. The first kappa shape index (κ1) is 12.8. The molecule has 0 unspecified atom stereocenters. The number of ether oxygens (including phenoxy) is 1. The lowest BCUT2D eigenvalue weighted by Crippen LogP contribution is -2.00. The predicted molar refractivity (Wildman–Crippen MR) is 65.8 cm³/mol. The van der Waals surface area contributed by atoms with Crippen molar-refractivity contribution in [2.45, 2.75) is 6.54 Å². The lowest BCUT2D eigenvalue weighted by molar-refractivity contribution is 0.463. The zero-order valence-corrected chi connectivity index (χ0v) is 10.0. The summed E-state index contributed by atoms with van der Waals surface area (Å²) in [5.41, 5.74) is 6.21. The van der Waals surface area contributed by atoms with Crippen LogP contribution in [0, 0.1) is 11.6 Å². The van der Waals surface area contributed by atoms with Crippen molar-refractivity contribution in [1.82, 2.24) is 0 Å². The molecule has 0 radical (unpaired) electrons. The first-order valence-electron chi connectivity index (χ1n) is 5.21. The molecular weight excluding hydrogens is 260 g/mol. The van der Waals surface area contributed by atoms with Crippen LogP contribution < -0.4 is 10.5 Å². The monoisotopic (exact) mass is 269 g/mol. The lowest BCUT2D eigenvalue weighted by Gasteiger charge is -2.11. The Morgan fingerprint density at radius 3 is 2.39 bits per heavy atom. The Morgan fingerprint density at radius 1 is 1.11 bits per heavy atom. The number of halogens is 3. The lowest BCUT2D eigenvalue weighted by atomic mass is 10.2. The molecule has 0 saturated heterocycles. The molecule has 18 heavy (non-hydrogen) atoms. The van der Waals surface area contributed by atoms with Gasteiger partial charge in [-0.05, 0) is 6.07 Å². The minimum absolute atomic E-state index is 0.0373. The average molecular weight is 270 g/mol. The van der Waals surface area contributed by atoms with Gasteiger partial charge in [0.15, 0.2) is 0 Å². The molecule has 94 valence electrons. The summed E-state index contributed by atoms with van der Waals surface area (Å²) in [4.78, 5) is 0. The van der Waals surface area contributed by atoms with Crippen LogP contribution in [0.15, 0.2) is 36.4 Å². The van der Waals surface area contributed by atoms with Crippen LogP contribution in [0.1, 0.15) is 5.56 Å². The van der Waals surface area contributed by atoms with E-state index < -0.39 is 11.6 Å². The van der Waals surface area contributed by atoms with Crippen LogP contribution in [0.2, 0.25) is 5.02 Å². The highest BCUT2D eigenvalue weighted by atomic mass is 35.5. The third-order valence-corrected chi connectivity index (χ3v) is 2.62. The number of hydrogen-bond acceptors (Lipinski definition) is 2. The molecule has 2 N–H and O–H groups in total. The van der Waals surface area contributed by atoms with Crippen molar-refractivity contribution < 1.29 is 13.5 Å². The zero-order valence-electron chi connectivity index (χ0n) is 9.29. The van der Waals surface area contributed by atoms with Gasteiger partial charge in [-0.25, -0.2) is 8.78 Å². The molecule has 0 saturated carbocycles. The van der Waals surface area contributed by atoms with Crippen LogP contribution in [0.25, 0.3) is 0 Å². The molecule has 2 aromatic carbocycles. The summed E-state index contributed by atoms with van der Waals surface area (Å²) in [5, 5.41) is 0.336. The summed E-state index contributed by atoms with van der Waals surface area (Å²) in [7, 11) is 0. The van der Waals surface area contributed by atoms with E-state index in [-0.39, 0.29) is 12.3 Å². The number of rotatable bonds is 3. The fourth-order valence-corrected chi connectivity index (χ4v) is 1.77. The summed E-state index contributed by atoms with van der Waals surface area (Å²) < 4.78 is 31.5. The third-order valence-electron chi connectivity index (χ3n) is 2.32. The van der Waals surface area contributed by atoms with Crippen molar-refractivity contribution in [1.29, 1.82) is 0 Å². The Labute approximate surface area is 108 Å². The number of benzene rings is 2. The van der Waals surface area contributed by atoms with E-state index in [0.29, 0.717) is 16.3 Å². The smallest absolute Gasteiger partial charge is 0.150 e. The van der Waals surface area contributed by atoms with Crippen LogP contribution >= 0.6 is 11.6 Å². The van der Waals surface area contributed by atoms with Gasteiger partial charge in [-0.3, -0.25) is 0 Å². The van der Waals surface area contributed by atoms with Gasteiger partial charge < -0.3 is 10.5 Å². The van der Waals surface area contributed by atoms with E-state index in [1.165, 1.54) is 0 Å². The van der Waals surface area contributed by atoms with Gasteiger partial charge in [0.1, 0.15) is 23.1 Å². The molecule has 5 heteroatoms. The minimum atomic E-state index is -0.716. The van der Waals surface area contributed by atoms with Crippen molar-refractivity contribution in [3.05, 3.63) is 58.6 Å². The minimum Gasteiger partial charge on any atom is -0.455 e. The predicted octanol–water partition coefficient (Wildman–Crippen LogP) is 3.87. The van der Waals surface area contributed by atoms with Crippen molar-refractivity contribution in [3.8, 4) is 11.5 Å². The van der Waals surface area contributed by atoms with E-state index in [4.69, 9.17) is 22.1 Å². The fourth-order valence-electron chi connectivity index (χ4n) is 1.53. The van der Waals surface area contributed by atoms with Gasteiger partial charge in [0.05, 0.1) is 5.02 Å². The summed E-state index contributed by atoms with van der Waals surface area (Å²) in [6.45, 7) is 0.216. The number of para-hydroxylation sites is 1. The van der Waals surface area contributed by atoms with Crippen LogP contribution in [-0.2, 0) is 6.54 Å². The SMILES string of the molecule is NCc1cccc(Cl)c1Oc1cc(F)cc(F)c1. The Hall–Kier alpha value is -1.65. The quantitative estimate of drug-likeness (QED) is 0.918. The summed E-state index contributed by atoms with van der Waals surface area (Å²) in [6.07, 6.45) is 0. The topological polar surface area (TPSA) is 35.2 Å². The van der Waals surface area contributed by atoms with E-state index in [9.17, 15) is 8.78 Å². The van der Waals surface area contributed by atoms with Crippen LogP contribution in [0.4, 0.5) is 8.78 Å². The molecule has 2 aromatic rings. The molecule has 0 atom stereocenters. The molecular formula is C13H10ClF2NO. The molecule has 2 rings (SSSR count). The van der Waals surface area contributed by atoms with Crippen LogP contribution in [0.3, 0.4) is 0 Å². The van der Waals surface area contributed by atoms with Crippen LogP contribution in [-0.4, -0.2) is 0 Å². The first-order valence-corrected chi connectivity index (χ1v) is 5.59. The highest BCUT2D eigenvalue weighted by Gasteiger charge is 2.10. The standard InChI is InChI=1S/C13H10ClF2NO/c14-12-3-1-2-8(7-17)13(12)18-11-5-9(15)4-10(16)6-11/h1-6H,7,17H2. The molecule has 0 aromatic heterocycles. The van der Waals surface area contributed by atoms with Gasteiger partial charge in [-0.15, -0.1) is 0 Å². The second-order valence-corrected chi connectivity index (χ2v) is 4.05. The second kappa shape index (κ2) is 5.33. The molecule has 2 nitrogen and oxygen atoms in total. The second-order valence-electron chi connectivity index (χ2n) is 3.64. The van der Waals surface area contributed by atoms with Gasteiger partial charge in [0.25, 0.3) is 0 Å². The first-order chi connectivity index (χ1) is 8.60. The number of hydrogen-bond donors (Lipinski definition) is 1. The maximum Gasteiger partial charge on any atom is 0.150 e. The largest absolute Gasteiger partial charge is 0.455 e. The van der Waals surface area contributed by atoms with Gasteiger partial charge in [0.2, 0.25) is 0 Å². The summed E-state index contributed by atoms with van der Waals surface area (Å²) in [5.74, 6) is -1.08. The van der Waals surface area contributed by atoms with E-state index in [0.717, 1.165) is 18.2 Å².